The minimum absolute atomic E-state index is 0.234. The number of nitrogens with zero attached hydrogens (tertiary/aromatic N) is 1. The van der Waals surface area contributed by atoms with Crippen molar-refractivity contribution in [2.75, 3.05) is 7.11 Å². The largest absolute Gasteiger partial charge is 0.381 e. The van der Waals surface area contributed by atoms with Crippen LogP contribution in [0.1, 0.15) is 12.6 Å². The molecule has 3 nitrogen and oxygen atoms in total. The van der Waals surface area contributed by atoms with E-state index < -0.39 is 0 Å². The second-order valence-corrected chi connectivity index (χ2v) is 4.71. The fourth-order valence-corrected chi connectivity index (χ4v) is 1.73. The number of aromatic amines is 1. The third-order valence-corrected chi connectivity index (χ3v) is 4.59. The van der Waals surface area contributed by atoms with Crippen molar-refractivity contribution in [1.82, 2.24) is 10.2 Å². The van der Waals surface area contributed by atoms with Crippen LogP contribution in [0.5, 0.6) is 0 Å². The molecule has 0 aliphatic heterocycles. The summed E-state index contributed by atoms with van der Waals surface area (Å²) in [4.78, 5) is 0. The standard InChI is InChI=1S/C7H10I2N2O/c1-4(12-2)3-5-6(8)7(9)11-10-5/h4H,3H2,1-2H3,(H,10,11). The number of rotatable bonds is 3. The maximum atomic E-state index is 5.16. The van der Waals surface area contributed by atoms with E-state index in [1.807, 2.05) is 6.92 Å². The van der Waals surface area contributed by atoms with E-state index in [0.717, 1.165) is 15.8 Å². The Morgan fingerprint density at radius 3 is 2.67 bits per heavy atom. The molecule has 1 aromatic heterocycles. The molecule has 1 unspecified atom stereocenters. The molecule has 0 radical (unpaired) electrons. The van der Waals surface area contributed by atoms with Gasteiger partial charge >= 0.3 is 0 Å². The van der Waals surface area contributed by atoms with Gasteiger partial charge < -0.3 is 4.74 Å². The number of ether oxygens (including phenoxy) is 1. The molecule has 5 heteroatoms. The molecule has 1 rings (SSSR count). The third kappa shape index (κ3) is 2.56. The van der Waals surface area contributed by atoms with Gasteiger partial charge in [0.25, 0.3) is 0 Å². The summed E-state index contributed by atoms with van der Waals surface area (Å²) >= 11 is 4.53. The highest BCUT2D eigenvalue weighted by atomic mass is 127. The summed E-state index contributed by atoms with van der Waals surface area (Å²) in [7, 11) is 1.72. The Morgan fingerprint density at radius 2 is 2.25 bits per heavy atom. The molecule has 1 atom stereocenters. The monoisotopic (exact) mass is 392 g/mol. The Balaban J connectivity index is 2.69. The van der Waals surface area contributed by atoms with Crippen LogP contribution in [0.4, 0.5) is 0 Å². The first-order chi connectivity index (χ1) is 5.65. The Labute approximate surface area is 98.9 Å². The predicted molar refractivity (Wildman–Crippen MR) is 64.2 cm³/mol. The number of methoxy groups -OCH3 is 1. The zero-order valence-corrected chi connectivity index (χ0v) is 11.2. The summed E-state index contributed by atoms with van der Waals surface area (Å²) in [5.74, 6) is 0. The van der Waals surface area contributed by atoms with Crippen molar-refractivity contribution >= 4 is 45.2 Å². The van der Waals surface area contributed by atoms with E-state index in [0.29, 0.717) is 0 Å². The molecule has 0 aliphatic rings. The van der Waals surface area contributed by atoms with E-state index in [1.54, 1.807) is 7.11 Å². The highest BCUT2D eigenvalue weighted by Crippen LogP contribution is 2.17. The Morgan fingerprint density at radius 1 is 1.58 bits per heavy atom. The number of nitrogens with one attached hydrogen (secondary N) is 1. The SMILES string of the molecule is COC(C)Cc1n[nH]c(I)c1I. The van der Waals surface area contributed by atoms with E-state index in [1.165, 1.54) is 3.57 Å². The van der Waals surface area contributed by atoms with Gasteiger partial charge in [-0.3, -0.25) is 5.10 Å². The minimum Gasteiger partial charge on any atom is -0.381 e. The highest BCUT2D eigenvalue weighted by Gasteiger charge is 2.10. The Kier molecular flexibility index (Phi) is 4.24. The molecule has 0 aliphatic carbocycles. The molecule has 1 aromatic rings. The van der Waals surface area contributed by atoms with Crippen LogP contribution in [0.3, 0.4) is 0 Å². The second kappa shape index (κ2) is 4.75. The summed E-state index contributed by atoms with van der Waals surface area (Å²) in [6.07, 6.45) is 1.10. The molecule has 1 heterocycles. The van der Waals surface area contributed by atoms with Crippen molar-refractivity contribution in [2.24, 2.45) is 0 Å². The van der Waals surface area contributed by atoms with Crippen molar-refractivity contribution in [3.63, 3.8) is 0 Å². The lowest BCUT2D eigenvalue weighted by Crippen LogP contribution is -2.09. The van der Waals surface area contributed by atoms with Gasteiger partial charge in [-0.25, -0.2) is 0 Å². The minimum atomic E-state index is 0.234. The van der Waals surface area contributed by atoms with Crippen LogP contribution >= 0.6 is 45.2 Å². The van der Waals surface area contributed by atoms with E-state index in [2.05, 4.69) is 55.4 Å². The number of halogens is 2. The smallest absolute Gasteiger partial charge is 0.109 e. The van der Waals surface area contributed by atoms with Gasteiger partial charge in [0.05, 0.1) is 15.4 Å². The van der Waals surface area contributed by atoms with Gasteiger partial charge in [0.2, 0.25) is 0 Å². The molecular weight excluding hydrogens is 382 g/mol. The van der Waals surface area contributed by atoms with Crippen LogP contribution in [0, 0.1) is 7.27 Å². The van der Waals surface area contributed by atoms with Gasteiger partial charge in [0.15, 0.2) is 0 Å². The van der Waals surface area contributed by atoms with Crippen LogP contribution in [-0.2, 0) is 11.2 Å². The van der Waals surface area contributed by atoms with Crippen molar-refractivity contribution < 1.29 is 4.74 Å². The van der Waals surface area contributed by atoms with Crippen molar-refractivity contribution in [1.29, 1.82) is 0 Å². The maximum Gasteiger partial charge on any atom is 0.109 e. The molecule has 0 saturated heterocycles. The van der Waals surface area contributed by atoms with Crippen molar-refractivity contribution in [2.45, 2.75) is 19.4 Å². The molecule has 0 saturated carbocycles. The number of aromatic nitrogens is 2. The van der Waals surface area contributed by atoms with E-state index in [4.69, 9.17) is 4.74 Å². The van der Waals surface area contributed by atoms with Gasteiger partial charge in [-0.1, -0.05) is 0 Å². The first-order valence-electron chi connectivity index (χ1n) is 3.56. The van der Waals surface area contributed by atoms with Gasteiger partial charge in [-0.05, 0) is 52.1 Å². The van der Waals surface area contributed by atoms with Crippen LogP contribution in [0.25, 0.3) is 0 Å². The van der Waals surface area contributed by atoms with Crippen LogP contribution in [-0.4, -0.2) is 23.4 Å². The van der Waals surface area contributed by atoms with E-state index in [-0.39, 0.29) is 6.10 Å². The maximum absolute atomic E-state index is 5.16. The predicted octanol–water partition coefficient (Wildman–Crippen LogP) is 2.20. The molecule has 0 amide bonds. The lowest BCUT2D eigenvalue weighted by Gasteiger charge is -2.06. The number of hydrogen-bond acceptors (Lipinski definition) is 2. The van der Waals surface area contributed by atoms with Gasteiger partial charge in [0.1, 0.15) is 3.70 Å². The molecule has 0 bridgehead atoms. The first-order valence-corrected chi connectivity index (χ1v) is 5.72. The zero-order valence-electron chi connectivity index (χ0n) is 6.90. The summed E-state index contributed by atoms with van der Waals surface area (Å²) in [5, 5.41) is 7.12. The van der Waals surface area contributed by atoms with Crippen LogP contribution in [0.2, 0.25) is 0 Å². The fourth-order valence-electron chi connectivity index (χ4n) is 0.832. The van der Waals surface area contributed by atoms with Gasteiger partial charge in [0, 0.05) is 13.5 Å². The molecule has 12 heavy (non-hydrogen) atoms. The number of H-pyrrole nitrogens is 1. The number of hydrogen-bond donors (Lipinski definition) is 1. The topological polar surface area (TPSA) is 37.9 Å². The lowest BCUT2D eigenvalue weighted by molar-refractivity contribution is 0.118. The Hall–Kier alpha value is 0.630. The average Bonchev–Trinajstić information content (AvgIpc) is 2.36. The average molecular weight is 392 g/mol. The zero-order chi connectivity index (χ0) is 9.14. The van der Waals surface area contributed by atoms with Crippen LogP contribution in [0.15, 0.2) is 0 Å². The highest BCUT2D eigenvalue weighted by molar-refractivity contribution is 14.1. The van der Waals surface area contributed by atoms with E-state index in [9.17, 15) is 0 Å². The lowest BCUT2D eigenvalue weighted by atomic mass is 10.2. The molecule has 1 N–H and O–H groups in total. The van der Waals surface area contributed by atoms with Crippen molar-refractivity contribution in [3.8, 4) is 0 Å². The van der Waals surface area contributed by atoms with Crippen LogP contribution < -0.4 is 0 Å². The summed E-state index contributed by atoms with van der Waals surface area (Å²) in [6, 6.07) is 0. The third-order valence-electron chi connectivity index (χ3n) is 1.62. The second-order valence-electron chi connectivity index (χ2n) is 2.55. The molecule has 0 fully saturated rings. The summed E-state index contributed by atoms with van der Waals surface area (Å²) < 4.78 is 7.47. The summed E-state index contributed by atoms with van der Waals surface area (Å²) in [5.41, 5.74) is 1.09. The van der Waals surface area contributed by atoms with Crippen molar-refractivity contribution in [3.05, 3.63) is 13.0 Å². The Bertz CT molecular complexity index is 262. The van der Waals surface area contributed by atoms with Gasteiger partial charge in [-0.15, -0.1) is 0 Å². The normalized spacial score (nSPS) is 13.3. The quantitative estimate of drug-likeness (QED) is 0.802. The van der Waals surface area contributed by atoms with E-state index >= 15 is 0 Å². The summed E-state index contributed by atoms with van der Waals surface area (Å²) in [6.45, 7) is 2.04. The molecule has 68 valence electrons. The fraction of sp³-hybridized carbons (Fsp3) is 0.571. The first kappa shape index (κ1) is 10.7. The molecule has 0 spiro atoms. The molecule has 0 aromatic carbocycles. The molecular formula is C7H10I2N2O. The van der Waals surface area contributed by atoms with Gasteiger partial charge in [-0.2, -0.15) is 5.10 Å².